The van der Waals surface area contributed by atoms with Crippen LogP contribution < -0.4 is 11.2 Å². The van der Waals surface area contributed by atoms with Crippen LogP contribution in [0, 0.1) is 27.7 Å². The van der Waals surface area contributed by atoms with Gasteiger partial charge in [0.05, 0.1) is 12.2 Å². The van der Waals surface area contributed by atoms with E-state index >= 15 is 0 Å². The topological polar surface area (TPSA) is 79.6 Å². The molecule has 0 atom stereocenters. The van der Waals surface area contributed by atoms with Gasteiger partial charge in [0, 0.05) is 19.3 Å². The van der Waals surface area contributed by atoms with E-state index in [0.29, 0.717) is 23.7 Å². The average Bonchev–Trinajstić information content (AvgIpc) is 3.25. The lowest BCUT2D eigenvalue weighted by atomic mass is 10.1. The van der Waals surface area contributed by atoms with Crippen LogP contribution in [-0.2, 0) is 20.1 Å². The van der Waals surface area contributed by atoms with E-state index in [1.165, 1.54) is 9.13 Å². The molecule has 30 heavy (non-hydrogen) atoms. The van der Waals surface area contributed by atoms with Gasteiger partial charge in [-0.15, -0.1) is 0 Å². The van der Waals surface area contributed by atoms with Crippen molar-refractivity contribution in [3.63, 3.8) is 0 Å². The third-order valence-corrected chi connectivity index (χ3v) is 5.56. The van der Waals surface area contributed by atoms with Crippen molar-refractivity contribution in [2.24, 2.45) is 7.05 Å². The van der Waals surface area contributed by atoms with Crippen LogP contribution in [0.15, 0.2) is 33.9 Å². The van der Waals surface area contributed by atoms with E-state index in [2.05, 4.69) is 10.1 Å². The summed E-state index contributed by atoms with van der Waals surface area (Å²) in [6, 6.07) is 8.01. The van der Waals surface area contributed by atoms with Gasteiger partial charge in [-0.2, -0.15) is 10.1 Å². The first-order chi connectivity index (χ1) is 14.2. The molecule has 0 fully saturated rings. The molecule has 0 unspecified atom stereocenters. The highest BCUT2D eigenvalue weighted by molar-refractivity contribution is 5.72. The monoisotopic (exact) mass is 406 g/mol. The molecule has 0 N–H and O–H groups in total. The zero-order valence-corrected chi connectivity index (χ0v) is 18.2. The molecule has 0 bridgehead atoms. The molecule has 4 aromatic rings. The summed E-state index contributed by atoms with van der Waals surface area (Å²) in [5, 5.41) is 4.51. The fourth-order valence-electron chi connectivity index (χ4n) is 3.93. The number of nitrogens with zero attached hydrogens (tertiary/aromatic N) is 6. The zero-order chi connectivity index (χ0) is 21.7. The molecular weight excluding hydrogens is 380 g/mol. The zero-order valence-electron chi connectivity index (χ0n) is 18.2. The van der Waals surface area contributed by atoms with E-state index in [-0.39, 0.29) is 17.8 Å². The van der Waals surface area contributed by atoms with Gasteiger partial charge in [-0.1, -0.05) is 23.8 Å². The summed E-state index contributed by atoms with van der Waals surface area (Å²) in [6.07, 6.45) is 0. The molecule has 8 heteroatoms. The number of rotatable bonds is 4. The maximum atomic E-state index is 13.5. The minimum absolute atomic E-state index is 0.221. The Morgan fingerprint density at radius 3 is 2.37 bits per heavy atom. The Labute approximate surface area is 174 Å². The Balaban J connectivity index is 2.01. The number of aromatic nitrogens is 6. The first-order valence-corrected chi connectivity index (χ1v) is 10.0. The van der Waals surface area contributed by atoms with Gasteiger partial charge in [0.25, 0.3) is 5.56 Å². The quantitative estimate of drug-likeness (QED) is 0.521. The summed E-state index contributed by atoms with van der Waals surface area (Å²) in [4.78, 5) is 31.2. The number of imidazole rings is 1. The number of aryl methyl sites for hydroxylation is 6. The second-order valence-electron chi connectivity index (χ2n) is 7.83. The van der Waals surface area contributed by atoms with Gasteiger partial charge in [-0.05, 0) is 51.8 Å². The molecule has 3 heterocycles. The summed E-state index contributed by atoms with van der Waals surface area (Å²) in [7, 11) is 1.65. The van der Waals surface area contributed by atoms with E-state index in [9.17, 15) is 9.59 Å². The second-order valence-corrected chi connectivity index (χ2v) is 7.83. The molecule has 0 aliphatic rings. The van der Waals surface area contributed by atoms with Crippen LogP contribution in [0.4, 0.5) is 0 Å². The van der Waals surface area contributed by atoms with Gasteiger partial charge in [0.1, 0.15) is 0 Å². The number of fused-ring (bicyclic) bond motifs is 1. The van der Waals surface area contributed by atoms with Crippen LogP contribution in [0.3, 0.4) is 0 Å². The fourth-order valence-corrected chi connectivity index (χ4v) is 3.93. The predicted molar refractivity (Wildman–Crippen MR) is 117 cm³/mol. The van der Waals surface area contributed by atoms with Crippen molar-refractivity contribution in [2.45, 2.75) is 47.7 Å². The van der Waals surface area contributed by atoms with Crippen molar-refractivity contribution in [3.8, 4) is 5.95 Å². The van der Waals surface area contributed by atoms with Gasteiger partial charge in [-0.25, -0.2) is 9.48 Å². The number of hydrogen-bond acceptors (Lipinski definition) is 4. The SMILES string of the molecule is CCn1c(-n2nc(C)cc2C)nc2c1c(=O)n(Cc1cc(C)ccc1C)c(=O)n2C. The van der Waals surface area contributed by atoms with Crippen molar-refractivity contribution in [1.82, 2.24) is 28.5 Å². The van der Waals surface area contributed by atoms with Gasteiger partial charge in [0.15, 0.2) is 11.2 Å². The maximum absolute atomic E-state index is 13.5. The van der Waals surface area contributed by atoms with Crippen molar-refractivity contribution >= 4 is 11.2 Å². The minimum atomic E-state index is -0.380. The van der Waals surface area contributed by atoms with E-state index < -0.39 is 0 Å². The lowest BCUT2D eigenvalue weighted by molar-refractivity contribution is 0.647. The summed E-state index contributed by atoms with van der Waals surface area (Å²) in [5.74, 6) is 0.537. The summed E-state index contributed by atoms with van der Waals surface area (Å²) < 4.78 is 6.29. The first-order valence-electron chi connectivity index (χ1n) is 10.0. The molecule has 3 aromatic heterocycles. The molecule has 1 aromatic carbocycles. The molecule has 0 spiro atoms. The highest BCUT2D eigenvalue weighted by atomic mass is 16.2. The smallest absolute Gasteiger partial charge is 0.303 e. The van der Waals surface area contributed by atoms with Crippen molar-refractivity contribution in [1.29, 1.82) is 0 Å². The third-order valence-electron chi connectivity index (χ3n) is 5.56. The van der Waals surface area contributed by atoms with Crippen LogP contribution in [0.2, 0.25) is 0 Å². The second kappa shape index (κ2) is 7.12. The molecule has 4 rings (SSSR count). The highest BCUT2D eigenvalue weighted by Crippen LogP contribution is 2.18. The van der Waals surface area contributed by atoms with Crippen LogP contribution in [0.5, 0.6) is 0 Å². The molecule has 0 saturated carbocycles. The summed E-state index contributed by atoms with van der Waals surface area (Å²) >= 11 is 0. The van der Waals surface area contributed by atoms with Crippen LogP contribution >= 0.6 is 0 Å². The Morgan fingerprint density at radius 2 is 1.73 bits per heavy atom. The maximum Gasteiger partial charge on any atom is 0.332 e. The normalized spacial score (nSPS) is 11.5. The summed E-state index contributed by atoms with van der Waals surface area (Å²) in [6.45, 7) is 10.5. The molecule has 0 aliphatic heterocycles. The largest absolute Gasteiger partial charge is 0.332 e. The molecule has 0 aliphatic carbocycles. The van der Waals surface area contributed by atoms with Gasteiger partial charge < -0.3 is 4.57 Å². The number of hydrogen-bond donors (Lipinski definition) is 0. The molecule has 8 nitrogen and oxygen atoms in total. The molecule has 156 valence electrons. The van der Waals surface area contributed by atoms with E-state index in [1.807, 2.05) is 63.5 Å². The molecule has 0 radical (unpaired) electrons. The van der Waals surface area contributed by atoms with E-state index in [0.717, 1.165) is 28.1 Å². The van der Waals surface area contributed by atoms with Crippen molar-refractivity contribution in [3.05, 3.63) is 73.2 Å². The Hall–Kier alpha value is -3.42. The Morgan fingerprint density at radius 1 is 1.00 bits per heavy atom. The molecule has 0 saturated heterocycles. The van der Waals surface area contributed by atoms with Gasteiger partial charge >= 0.3 is 5.69 Å². The lowest BCUT2D eigenvalue weighted by Gasteiger charge is -2.12. The first kappa shape index (κ1) is 19.9. The van der Waals surface area contributed by atoms with E-state index in [4.69, 9.17) is 0 Å². The molecule has 0 amide bonds. The minimum Gasteiger partial charge on any atom is -0.303 e. The Bertz CT molecular complexity index is 1400. The van der Waals surface area contributed by atoms with Crippen molar-refractivity contribution in [2.75, 3.05) is 0 Å². The standard InChI is InChI=1S/C22H26N6O2/c1-7-26-18-19(23-21(26)28-16(5)11-15(4)24-28)25(6)22(30)27(20(18)29)12-17-10-13(2)8-9-14(17)3/h8-11H,7,12H2,1-6H3. The lowest BCUT2D eigenvalue weighted by Crippen LogP contribution is -2.40. The van der Waals surface area contributed by atoms with Crippen LogP contribution in [0.25, 0.3) is 17.1 Å². The highest BCUT2D eigenvalue weighted by Gasteiger charge is 2.22. The van der Waals surface area contributed by atoms with Gasteiger partial charge in [0.2, 0.25) is 5.95 Å². The predicted octanol–water partition coefficient (Wildman–Crippen LogP) is 2.38. The van der Waals surface area contributed by atoms with Crippen LogP contribution in [0.1, 0.15) is 35.0 Å². The van der Waals surface area contributed by atoms with Crippen molar-refractivity contribution < 1.29 is 0 Å². The average molecular weight is 406 g/mol. The fraction of sp³-hybridized carbons (Fsp3) is 0.364. The third kappa shape index (κ3) is 2.99. The van der Waals surface area contributed by atoms with Crippen LogP contribution in [-0.4, -0.2) is 28.5 Å². The van der Waals surface area contributed by atoms with E-state index in [1.54, 1.807) is 11.7 Å². The van der Waals surface area contributed by atoms with Gasteiger partial charge in [-0.3, -0.25) is 13.9 Å². The summed E-state index contributed by atoms with van der Waals surface area (Å²) in [5.41, 5.74) is 4.93. The molecular formula is C22H26N6O2. The Kier molecular flexibility index (Phi) is 4.72. The number of benzene rings is 1.